The molecule has 0 heterocycles. The van der Waals surface area contributed by atoms with Crippen LogP contribution in [0.1, 0.15) is 60.7 Å². The summed E-state index contributed by atoms with van der Waals surface area (Å²) >= 11 is 0. The van der Waals surface area contributed by atoms with Gasteiger partial charge in [-0.15, -0.1) is 0 Å². The Morgan fingerprint density at radius 3 is 1.52 bits per heavy atom. The van der Waals surface area contributed by atoms with Crippen LogP contribution in [0, 0.1) is 51.3 Å². The van der Waals surface area contributed by atoms with Gasteiger partial charge in [-0.05, 0) is 30.1 Å². The number of hydrogen-bond acceptors (Lipinski definition) is 10. The number of carbonyl (C=O) groups is 2. The number of benzene rings is 2. The summed E-state index contributed by atoms with van der Waals surface area (Å²) in [7, 11) is 0. The number of rotatable bonds is 9. The molecule has 0 aromatic heterocycles. The molecule has 1 saturated carbocycles. The van der Waals surface area contributed by atoms with Crippen molar-refractivity contribution in [2.75, 3.05) is 6.54 Å². The van der Waals surface area contributed by atoms with E-state index in [0.717, 1.165) is 36.4 Å². The van der Waals surface area contributed by atoms with E-state index in [1.165, 1.54) is 0 Å². The third kappa shape index (κ3) is 7.09. The van der Waals surface area contributed by atoms with E-state index < -0.39 is 65.7 Å². The summed E-state index contributed by atoms with van der Waals surface area (Å²) in [4.78, 5) is 67.2. The number of nitrogens with zero attached hydrogens (tertiary/aromatic N) is 4. The topological polar surface area (TPSA) is 231 Å². The summed E-state index contributed by atoms with van der Waals surface area (Å²) in [6.45, 7) is 5.84. The maximum absolute atomic E-state index is 13.0. The molecule has 0 bridgehead atoms. The molecule has 2 atom stereocenters. The molecule has 0 spiro atoms. The molecule has 212 valence electrons. The lowest BCUT2D eigenvalue weighted by Gasteiger charge is -2.47. The Morgan fingerprint density at radius 1 is 0.725 bits per heavy atom. The molecule has 16 nitrogen and oxygen atoms in total. The summed E-state index contributed by atoms with van der Waals surface area (Å²) in [5.74, 6) is -1.48. The molecule has 2 amide bonds. The maximum atomic E-state index is 13.0. The van der Waals surface area contributed by atoms with E-state index in [2.05, 4.69) is 10.6 Å². The minimum absolute atomic E-state index is 0.0698. The van der Waals surface area contributed by atoms with Crippen LogP contribution in [0.5, 0.6) is 0 Å². The Morgan fingerprint density at radius 2 is 1.12 bits per heavy atom. The second kappa shape index (κ2) is 11.0. The van der Waals surface area contributed by atoms with E-state index >= 15 is 0 Å². The smallest absolute Gasteiger partial charge is 0.277 e. The van der Waals surface area contributed by atoms with E-state index in [4.69, 9.17) is 0 Å². The Labute approximate surface area is 226 Å². The lowest BCUT2D eigenvalue weighted by Crippen LogP contribution is -2.50. The Balaban J connectivity index is 1.78. The number of nitro benzene ring substituents is 4. The molecular formula is C24H26N6O10. The predicted molar refractivity (Wildman–Crippen MR) is 139 cm³/mol. The highest BCUT2D eigenvalue weighted by molar-refractivity contribution is 5.96. The van der Waals surface area contributed by atoms with E-state index in [1.54, 1.807) is 0 Å². The first-order chi connectivity index (χ1) is 18.5. The van der Waals surface area contributed by atoms with Crippen molar-refractivity contribution in [3.05, 3.63) is 88.0 Å². The fraction of sp³-hybridized carbons (Fsp3) is 0.417. The Kier molecular flexibility index (Phi) is 8.12. The quantitative estimate of drug-likeness (QED) is 0.331. The van der Waals surface area contributed by atoms with Gasteiger partial charge in [0.15, 0.2) is 0 Å². The van der Waals surface area contributed by atoms with Crippen molar-refractivity contribution in [2.24, 2.45) is 10.8 Å². The van der Waals surface area contributed by atoms with E-state index in [9.17, 15) is 50.0 Å². The minimum atomic E-state index is -0.835. The Bertz CT molecular complexity index is 1360. The van der Waals surface area contributed by atoms with Gasteiger partial charge in [-0.2, -0.15) is 0 Å². The van der Waals surface area contributed by atoms with Crippen LogP contribution >= 0.6 is 0 Å². The fourth-order valence-electron chi connectivity index (χ4n) is 5.41. The van der Waals surface area contributed by atoms with Gasteiger partial charge >= 0.3 is 0 Å². The van der Waals surface area contributed by atoms with Crippen LogP contribution < -0.4 is 10.6 Å². The first kappa shape index (κ1) is 29.5. The molecule has 3 rings (SSSR count). The zero-order valence-corrected chi connectivity index (χ0v) is 21.7. The molecule has 1 aliphatic carbocycles. The van der Waals surface area contributed by atoms with Gasteiger partial charge in [0.1, 0.15) is 0 Å². The lowest BCUT2D eigenvalue weighted by atomic mass is 9.62. The molecule has 0 radical (unpaired) electrons. The van der Waals surface area contributed by atoms with Gasteiger partial charge in [-0.1, -0.05) is 20.8 Å². The highest BCUT2D eigenvalue weighted by Gasteiger charge is 2.42. The first-order valence-electron chi connectivity index (χ1n) is 12.0. The van der Waals surface area contributed by atoms with E-state index in [1.807, 2.05) is 20.8 Å². The van der Waals surface area contributed by atoms with Crippen LogP contribution in [-0.4, -0.2) is 44.1 Å². The molecule has 2 aromatic carbocycles. The summed E-state index contributed by atoms with van der Waals surface area (Å²) in [5, 5.41) is 50.2. The van der Waals surface area contributed by atoms with Gasteiger partial charge in [-0.25, -0.2) is 0 Å². The van der Waals surface area contributed by atoms with Crippen LogP contribution in [0.15, 0.2) is 36.4 Å². The average Bonchev–Trinajstić information content (AvgIpc) is 2.85. The standard InChI is InChI=1S/C24H26N6O10/c1-23(2)10-16(26-22(32)15-6-19(29(37)38)9-20(7-15)30(39)40)11-24(3,12-23)13-25-21(31)14-4-17(27(33)34)8-18(5-14)28(35)36/h4-9,16H,10-13H2,1-3H3,(H,25,31)(H,26,32). The van der Waals surface area contributed by atoms with Crippen LogP contribution in [0.3, 0.4) is 0 Å². The molecular weight excluding hydrogens is 532 g/mol. The second-order valence-electron chi connectivity index (χ2n) is 10.9. The van der Waals surface area contributed by atoms with Gasteiger partial charge in [0.2, 0.25) is 0 Å². The molecule has 0 aliphatic heterocycles. The van der Waals surface area contributed by atoms with Gasteiger partial charge < -0.3 is 10.6 Å². The van der Waals surface area contributed by atoms with Crippen molar-refractivity contribution >= 4 is 34.6 Å². The van der Waals surface area contributed by atoms with Crippen LogP contribution in [-0.2, 0) is 0 Å². The molecule has 0 saturated heterocycles. The van der Waals surface area contributed by atoms with Crippen molar-refractivity contribution in [1.29, 1.82) is 0 Å². The number of amides is 2. The molecule has 1 fully saturated rings. The third-order valence-electron chi connectivity index (χ3n) is 6.63. The van der Waals surface area contributed by atoms with Crippen LogP contribution in [0.25, 0.3) is 0 Å². The molecule has 16 heteroatoms. The summed E-state index contributed by atoms with van der Waals surface area (Å²) in [6.07, 6.45) is 1.47. The number of hydrogen-bond donors (Lipinski definition) is 2. The van der Waals surface area contributed by atoms with Gasteiger partial charge in [0, 0.05) is 36.9 Å². The zero-order valence-electron chi connectivity index (χ0n) is 21.7. The average molecular weight is 559 g/mol. The van der Waals surface area contributed by atoms with Gasteiger partial charge in [0.05, 0.1) is 43.0 Å². The number of nitrogens with one attached hydrogen (secondary N) is 2. The summed E-state index contributed by atoms with van der Waals surface area (Å²) in [5.41, 5.74) is -3.84. The molecule has 1 aliphatic rings. The summed E-state index contributed by atoms with van der Waals surface area (Å²) < 4.78 is 0. The minimum Gasteiger partial charge on any atom is -0.351 e. The first-order valence-corrected chi connectivity index (χ1v) is 12.0. The van der Waals surface area contributed by atoms with E-state index in [0.29, 0.717) is 19.3 Å². The van der Waals surface area contributed by atoms with Gasteiger partial charge in [-0.3, -0.25) is 50.0 Å². The van der Waals surface area contributed by atoms with Crippen molar-refractivity contribution in [1.82, 2.24) is 10.6 Å². The van der Waals surface area contributed by atoms with Crippen molar-refractivity contribution in [3.63, 3.8) is 0 Å². The summed E-state index contributed by atoms with van der Waals surface area (Å²) in [6, 6.07) is 4.84. The third-order valence-corrected chi connectivity index (χ3v) is 6.63. The van der Waals surface area contributed by atoms with Gasteiger partial charge in [0.25, 0.3) is 34.6 Å². The number of nitro groups is 4. The monoisotopic (exact) mass is 558 g/mol. The Hall–Kier alpha value is -5.02. The van der Waals surface area contributed by atoms with Crippen molar-refractivity contribution in [2.45, 2.75) is 46.1 Å². The predicted octanol–water partition coefficient (Wildman–Crippen LogP) is 4.06. The highest BCUT2D eigenvalue weighted by Crippen LogP contribution is 2.46. The zero-order chi connectivity index (χ0) is 30.0. The highest BCUT2D eigenvalue weighted by atomic mass is 16.6. The lowest BCUT2D eigenvalue weighted by molar-refractivity contribution is -0.394. The van der Waals surface area contributed by atoms with Crippen molar-refractivity contribution in [3.8, 4) is 0 Å². The van der Waals surface area contributed by atoms with Crippen LogP contribution in [0.2, 0.25) is 0 Å². The fourth-order valence-corrected chi connectivity index (χ4v) is 5.41. The van der Waals surface area contributed by atoms with E-state index in [-0.39, 0.29) is 23.1 Å². The second-order valence-corrected chi connectivity index (χ2v) is 10.9. The normalized spacial score (nSPS) is 19.7. The molecule has 2 aromatic rings. The largest absolute Gasteiger partial charge is 0.351 e. The van der Waals surface area contributed by atoms with Crippen LogP contribution in [0.4, 0.5) is 22.7 Å². The molecule has 2 N–H and O–H groups in total. The maximum Gasteiger partial charge on any atom is 0.277 e. The SMILES string of the molecule is CC1(C)CC(NC(=O)c2cc([N+](=O)[O-])cc([N+](=O)[O-])c2)CC(C)(CNC(=O)c2cc([N+](=O)[O-])cc([N+](=O)[O-])c2)C1. The number of carbonyl (C=O) groups excluding carboxylic acids is 2. The number of non-ortho nitro benzene ring substituents is 4. The molecule has 2 unspecified atom stereocenters. The molecule has 40 heavy (non-hydrogen) atoms. The van der Waals surface area contributed by atoms with Crippen molar-refractivity contribution < 1.29 is 29.3 Å².